The number of amides is 1. The number of nitrogens with one attached hydrogen (secondary N) is 1. The van der Waals surface area contributed by atoms with Crippen molar-refractivity contribution in [1.29, 1.82) is 0 Å². The first-order valence-corrected chi connectivity index (χ1v) is 7.82. The van der Waals surface area contributed by atoms with Crippen molar-refractivity contribution in [3.8, 4) is 0 Å². The van der Waals surface area contributed by atoms with Gasteiger partial charge in [-0.05, 0) is 30.4 Å². The van der Waals surface area contributed by atoms with Crippen molar-refractivity contribution in [2.24, 2.45) is 5.41 Å². The number of nitrogens with zero attached hydrogens (tertiary/aromatic N) is 1. The average Bonchev–Trinajstić information content (AvgIpc) is 2.54. The first kappa shape index (κ1) is 15.8. The molecule has 1 saturated heterocycles. The number of likely N-dealkylation sites (tertiary alicyclic amines) is 1. The standard InChI is InChI=1S/C17H25FN2O/c1-4-17(5-2)9-11-20(12-10-17)16(21)13-7-6-8-14(18)15(13)19-3/h6-8,19H,4-5,9-12H2,1-3H3. The van der Waals surface area contributed by atoms with Crippen molar-refractivity contribution < 1.29 is 9.18 Å². The third-order valence-electron chi connectivity index (χ3n) is 5.11. The molecule has 3 nitrogen and oxygen atoms in total. The fraction of sp³-hybridized carbons (Fsp3) is 0.588. The molecule has 4 heteroatoms. The van der Waals surface area contributed by atoms with E-state index in [1.807, 2.05) is 4.90 Å². The Balaban J connectivity index is 2.14. The zero-order chi connectivity index (χ0) is 15.5. The van der Waals surface area contributed by atoms with Crippen LogP contribution in [-0.4, -0.2) is 30.9 Å². The number of rotatable bonds is 4. The second-order valence-corrected chi connectivity index (χ2v) is 5.91. The Morgan fingerprint density at radius 3 is 2.43 bits per heavy atom. The Bertz CT molecular complexity index is 502. The van der Waals surface area contributed by atoms with Crippen molar-refractivity contribution in [2.45, 2.75) is 39.5 Å². The fourth-order valence-electron chi connectivity index (χ4n) is 3.27. The van der Waals surface area contributed by atoms with Gasteiger partial charge in [0, 0.05) is 20.1 Å². The lowest BCUT2D eigenvalue weighted by molar-refractivity contribution is 0.0558. The van der Waals surface area contributed by atoms with Gasteiger partial charge in [-0.1, -0.05) is 32.8 Å². The van der Waals surface area contributed by atoms with Crippen LogP contribution in [0.15, 0.2) is 18.2 Å². The number of carbonyl (C=O) groups excluding carboxylic acids is 1. The Morgan fingerprint density at radius 1 is 1.29 bits per heavy atom. The fourth-order valence-corrected chi connectivity index (χ4v) is 3.27. The third-order valence-corrected chi connectivity index (χ3v) is 5.11. The first-order valence-electron chi connectivity index (χ1n) is 7.82. The van der Waals surface area contributed by atoms with E-state index in [9.17, 15) is 9.18 Å². The van der Waals surface area contributed by atoms with Crippen LogP contribution in [0.2, 0.25) is 0 Å². The molecule has 1 aliphatic heterocycles. The Kier molecular flexibility index (Phi) is 4.86. The van der Waals surface area contributed by atoms with Gasteiger partial charge in [0.1, 0.15) is 5.82 Å². The number of halogens is 1. The minimum Gasteiger partial charge on any atom is -0.385 e. The van der Waals surface area contributed by atoms with Gasteiger partial charge >= 0.3 is 0 Å². The van der Waals surface area contributed by atoms with E-state index in [-0.39, 0.29) is 11.7 Å². The van der Waals surface area contributed by atoms with Crippen LogP contribution in [0.1, 0.15) is 49.9 Å². The maximum Gasteiger partial charge on any atom is 0.256 e. The molecule has 1 aliphatic rings. The average molecular weight is 292 g/mol. The lowest BCUT2D eigenvalue weighted by atomic mass is 9.74. The van der Waals surface area contributed by atoms with Crippen LogP contribution in [-0.2, 0) is 0 Å². The van der Waals surface area contributed by atoms with E-state index in [1.54, 1.807) is 19.2 Å². The van der Waals surface area contributed by atoms with E-state index in [0.29, 0.717) is 16.7 Å². The summed E-state index contributed by atoms with van der Waals surface area (Å²) >= 11 is 0. The van der Waals surface area contributed by atoms with E-state index < -0.39 is 0 Å². The van der Waals surface area contributed by atoms with Crippen LogP contribution in [0, 0.1) is 11.2 Å². The molecule has 1 N–H and O–H groups in total. The summed E-state index contributed by atoms with van der Waals surface area (Å²) in [6, 6.07) is 4.66. The molecule has 2 rings (SSSR count). The molecule has 1 aromatic carbocycles. The molecule has 0 spiro atoms. The zero-order valence-electron chi connectivity index (χ0n) is 13.2. The molecule has 21 heavy (non-hydrogen) atoms. The topological polar surface area (TPSA) is 32.3 Å². The van der Waals surface area contributed by atoms with Gasteiger partial charge in [0.25, 0.3) is 5.91 Å². The van der Waals surface area contributed by atoms with Gasteiger partial charge in [0.15, 0.2) is 0 Å². The molecule has 0 bridgehead atoms. The largest absolute Gasteiger partial charge is 0.385 e. The maximum absolute atomic E-state index is 13.8. The summed E-state index contributed by atoms with van der Waals surface area (Å²) in [4.78, 5) is 14.5. The molecule has 0 unspecified atom stereocenters. The van der Waals surface area contributed by atoms with Gasteiger partial charge in [-0.2, -0.15) is 0 Å². The smallest absolute Gasteiger partial charge is 0.256 e. The highest BCUT2D eigenvalue weighted by molar-refractivity contribution is 5.99. The van der Waals surface area contributed by atoms with Gasteiger partial charge in [-0.3, -0.25) is 4.79 Å². The second kappa shape index (κ2) is 6.46. The lowest BCUT2D eigenvalue weighted by Crippen LogP contribution is -2.43. The van der Waals surface area contributed by atoms with Crippen LogP contribution in [0.5, 0.6) is 0 Å². The van der Waals surface area contributed by atoms with Crippen LogP contribution in [0.3, 0.4) is 0 Å². The predicted octanol–water partition coefficient (Wildman–Crippen LogP) is 3.91. The molecule has 1 aromatic rings. The molecule has 0 aromatic heterocycles. The quantitative estimate of drug-likeness (QED) is 0.912. The first-order chi connectivity index (χ1) is 10.1. The number of hydrogen-bond acceptors (Lipinski definition) is 2. The second-order valence-electron chi connectivity index (χ2n) is 5.91. The van der Waals surface area contributed by atoms with Gasteiger partial charge in [0.05, 0.1) is 11.3 Å². The van der Waals surface area contributed by atoms with Crippen molar-refractivity contribution in [3.63, 3.8) is 0 Å². The number of hydrogen-bond donors (Lipinski definition) is 1. The van der Waals surface area contributed by atoms with Crippen LogP contribution in [0.25, 0.3) is 0 Å². The van der Waals surface area contributed by atoms with Crippen molar-refractivity contribution in [2.75, 3.05) is 25.5 Å². The van der Waals surface area contributed by atoms with Crippen LogP contribution >= 0.6 is 0 Å². The third kappa shape index (κ3) is 3.04. The molecular weight excluding hydrogens is 267 g/mol. The summed E-state index contributed by atoms with van der Waals surface area (Å²) in [7, 11) is 1.64. The van der Waals surface area contributed by atoms with Crippen LogP contribution < -0.4 is 5.32 Å². The molecule has 1 heterocycles. The Morgan fingerprint density at radius 2 is 1.90 bits per heavy atom. The minimum absolute atomic E-state index is 0.0698. The molecule has 0 aliphatic carbocycles. The Labute approximate surface area is 126 Å². The molecular formula is C17H25FN2O. The summed E-state index contributed by atoms with van der Waals surface area (Å²) in [6.07, 6.45) is 4.40. The summed E-state index contributed by atoms with van der Waals surface area (Å²) in [5, 5.41) is 2.80. The molecule has 1 fully saturated rings. The van der Waals surface area contributed by atoms with Gasteiger partial charge < -0.3 is 10.2 Å². The van der Waals surface area contributed by atoms with Crippen molar-refractivity contribution in [1.82, 2.24) is 4.90 Å². The van der Waals surface area contributed by atoms with Gasteiger partial charge in [-0.15, -0.1) is 0 Å². The molecule has 0 saturated carbocycles. The highest BCUT2D eigenvalue weighted by Crippen LogP contribution is 2.38. The molecule has 1 amide bonds. The highest BCUT2D eigenvalue weighted by Gasteiger charge is 2.33. The normalized spacial score (nSPS) is 17.6. The SMILES string of the molecule is CCC1(CC)CCN(C(=O)c2cccc(F)c2NC)CC1. The van der Waals surface area contributed by atoms with Crippen molar-refractivity contribution in [3.05, 3.63) is 29.6 Å². The van der Waals surface area contributed by atoms with E-state index in [0.717, 1.165) is 38.8 Å². The lowest BCUT2D eigenvalue weighted by Gasteiger charge is -2.41. The number of benzene rings is 1. The van der Waals surface area contributed by atoms with Gasteiger partial charge in [-0.25, -0.2) is 4.39 Å². The highest BCUT2D eigenvalue weighted by atomic mass is 19.1. The zero-order valence-corrected chi connectivity index (χ0v) is 13.2. The number of piperidine rings is 1. The molecule has 0 radical (unpaired) electrons. The molecule has 116 valence electrons. The van der Waals surface area contributed by atoms with E-state index >= 15 is 0 Å². The van der Waals surface area contributed by atoms with Gasteiger partial charge in [0.2, 0.25) is 0 Å². The monoisotopic (exact) mass is 292 g/mol. The van der Waals surface area contributed by atoms with Crippen LogP contribution in [0.4, 0.5) is 10.1 Å². The minimum atomic E-state index is -0.378. The predicted molar refractivity (Wildman–Crippen MR) is 84.1 cm³/mol. The number of anilines is 1. The van der Waals surface area contributed by atoms with Crippen molar-refractivity contribution >= 4 is 11.6 Å². The van der Waals surface area contributed by atoms with E-state index in [4.69, 9.17) is 0 Å². The number of para-hydroxylation sites is 1. The summed E-state index contributed by atoms with van der Waals surface area (Å²) < 4.78 is 13.8. The summed E-state index contributed by atoms with van der Waals surface area (Å²) in [5.74, 6) is -0.448. The Hall–Kier alpha value is -1.58. The number of carbonyl (C=O) groups is 1. The maximum atomic E-state index is 13.8. The molecule has 0 atom stereocenters. The van der Waals surface area contributed by atoms with E-state index in [1.165, 1.54) is 6.07 Å². The van der Waals surface area contributed by atoms with E-state index in [2.05, 4.69) is 19.2 Å². The summed E-state index contributed by atoms with van der Waals surface area (Å²) in [5.41, 5.74) is 1.10. The summed E-state index contributed by atoms with van der Waals surface area (Å²) in [6.45, 7) is 5.99.